The Morgan fingerprint density at radius 1 is 0.579 bits per heavy atom. The summed E-state index contributed by atoms with van der Waals surface area (Å²) in [7, 11) is -1.95. The van der Waals surface area contributed by atoms with Crippen molar-refractivity contribution >= 4 is 122 Å². The fraction of sp³-hybridized carbons (Fsp3) is 1.00. The first-order valence-corrected chi connectivity index (χ1v) is 10.2. The van der Waals surface area contributed by atoms with Crippen LogP contribution in [-0.4, -0.2) is 30.1 Å². The van der Waals surface area contributed by atoms with Crippen LogP contribution in [0.4, 0.5) is 0 Å². The Kier molecular flexibility index (Phi) is 11.4. The fourth-order valence-corrected chi connectivity index (χ4v) is 3.22. The minimum Gasteiger partial charge on any atom is -0.284 e. The molecule has 0 saturated carbocycles. The highest BCUT2D eigenvalue weighted by Crippen LogP contribution is 2.55. The lowest BCUT2D eigenvalue weighted by Gasteiger charge is -2.33. The largest absolute Gasteiger partial charge is 0.339 e. The standard InChI is InChI=1S/C6H15O3PS9/c11-1-4(14,15)7-10(8-5(16,17)2-12)9-6(18,19)3-13/h11-19H,1-3H2. The van der Waals surface area contributed by atoms with E-state index < -0.39 is 21.4 Å². The molecule has 0 aromatic carbocycles. The summed E-state index contributed by atoms with van der Waals surface area (Å²) in [5.41, 5.74) is 0. The van der Waals surface area contributed by atoms with Gasteiger partial charge in [-0.15, -0.1) is 75.8 Å². The van der Waals surface area contributed by atoms with Crippen molar-refractivity contribution in [2.75, 3.05) is 17.3 Å². The third-order valence-corrected chi connectivity index (χ3v) is 7.86. The molecule has 0 aliphatic carbocycles. The average molecular weight is 455 g/mol. The SMILES string of the molecule is SCC(S)(S)OP(OC(S)(S)CS)OC(S)(S)CS. The topological polar surface area (TPSA) is 27.7 Å². The van der Waals surface area contributed by atoms with Crippen LogP contribution < -0.4 is 0 Å². The van der Waals surface area contributed by atoms with E-state index in [1.54, 1.807) is 0 Å². The van der Waals surface area contributed by atoms with Gasteiger partial charge in [-0.1, -0.05) is 0 Å². The molecule has 0 unspecified atom stereocenters. The van der Waals surface area contributed by atoms with Gasteiger partial charge in [0.1, 0.15) is 0 Å². The molecule has 3 nitrogen and oxygen atoms in total. The third kappa shape index (κ3) is 10.8. The van der Waals surface area contributed by atoms with Crippen LogP contribution >= 0.6 is 122 Å². The van der Waals surface area contributed by atoms with E-state index in [0.29, 0.717) is 0 Å². The maximum Gasteiger partial charge on any atom is 0.339 e. The number of hydrogen-bond donors (Lipinski definition) is 9. The molecule has 0 amide bonds. The van der Waals surface area contributed by atoms with Gasteiger partial charge in [0.2, 0.25) is 0 Å². The average Bonchev–Trinajstić information content (AvgIpc) is 2.27. The van der Waals surface area contributed by atoms with Gasteiger partial charge in [0, 0.05) is 17.3 Å². The Morgan fingerprint density at radius 2 is 0.789 bits per heavy atom. The number of hydrogen-bond acceptors (Lipinski definition) is 12. The van der Waals surface area contributed by atoms with Crippen molar-refractivity contribution in [3.8, 4) is 0 Å². The molecule has 0 rings (SSSR count). The summed E-state index contributed by atoms with van der Waals surface area (Å²) in [5, 5.41) is 0. The molecule has 0 aliphatic heterocycles. The summed E-state index contributed by atoms with van der Waals surface area (Å²) in [6.45, 7) is 0. The van der Waals surface area contributed by atoms with Gasteiger partial charge in [0.25, 0.3) is 0 Å². The highest BCUT2D eigenvalue weighted by molar-refractivity contribution is 8.03. The number of rotatable bonds is 9. The Hall–Kier alpha value is 3.46. The lowest BCUT2D eigenvalue weighted by atomic mass is 10.8. The molecule has 116 valence electrons. The van der Waals surface area contributed by atoms with Gasteiger partial charge >= 0.3 is 8.60 Å². The number of thiol groups is 9. The molecule has 13 heteroatoms. The van der Waals surface area contributed by atoms with Gasteiger partial charge in [-0.25, -0.2) is 0 Å². The molecule has 0 heterocycles. The second-order valence-corrected chi connectivity index (χ2v) is 10.5. The molecule has 0 saturated heterocycles. The van der Waals surface area contributed by atoms with Crippen molar-refractivity contribution in [1.82, 2.24) is 0 Å². The maximum absolute atomic E-state index is 5.47. The third-order valence-electron chi connectivity index (χ3n) is 1.28. The summed E-state index contributed by atoms with van der Waals surface area (Å²) < 4.78 is 12.9. The molecule has 0 aromatic rings. The quantitative estimate of drug-likeness (QED) is 0.151. The predicted molar refractivity (Wildman–Crippen MR) is 114 cm³/mol. The highest BCUT2D eigenvalue weighted by atomic mass is 32.2. The molecule has 0 spiro atoms. The van der Waals surface area contributed by atoms with E-state index in [1.807, 2.05) is 0 Å². The normalized spacial score (nSPS) is 14.2. The van der Waals surface area contributed by atoms with Crippen molar-refractivity contribution in [1.29, 1.82) is 0 Å². The Bertz CT molecular complexity index is 234. The second-order valence-electron chi connectivity index (χ2n) is 3.20. The van der Waals surface area contributed by atoms with Gasteiger partial charge in [0.05, 0.1) is 0 Å². The van der Waals surface area contributed by atoms with Gasteiger partial charge < -0.3 is 0 Å². The van der Waals surface area contributed by atoms with Crippen molar-refractivity contribution in [2.24, 2.45) is 0 Å². The molecule has 0 radical (unpaired) electrons. The zero-order valence-electron chi connectivity index (χ0n) is 9.32. The first-order valence-electron chi connectivity index (χ1n) is 4.51. The van der Waals surface area contributed by atoms with Gasteiger partial charge in [-0.3, -0.25) is 13.6 Å². The van der Waals surface area contributed by atoms with Crippen LogP contribution in [0.5, 0.6) is 0 Å². The molecule has 0 aliphatic rings. The minimum atomic E-state index is -1.95. The van der Waals surface area contributed by atoms with Crippen molar-refractivity contribution in [3.63, 3.8) is 0 Å². The summed E-state index contributed by atoms with van der Waals surface area (Å²) in [4.78, 5) is 0. The summed E-state index contributed by atoms with van der Waals surface area (Å²) >= 11 is 37.2. The van der Waals surface area contributed by atoms with Crippen LogP contribution in [0.25, 0.3) is 0 Å². The zero-order chi connectivity index (χ0) is 15.3. The first kappa shape index (κ1) is 22.5. The fourth-order valence-electron chi connectivity index (χ4n) is 0.501. The van der Waals surface area contributed by atoms with Crippen molar-refractivity contribution in [3.05, 3.63) is 0 Å². The monoisotopic (exact) mass is 454 g/mol. The van der Waals surface area contributed by atoms with E-state index in [2.05, 4.69) is 114 Å². The van der Waals surface area contributed by atoms with Crippen molar-refractivity contribution < 1.29 is 13.6 Å². The van der Waals surface area contributed by atoms with Crippen LogP contribution in [0.3, 0.4) is 0 Å². The zero-order valence-corrected chi connectivity index (χ0v) is 18.3. The molecule has 19 heavy (non-hydrogen) atoms. The van der Waals surface area contributed by atoms with Crippen LogP contribution in [-0.2, 0) is 13.6 Å². The van der Waals surface area contributed by atoms with Crippen LogP contribution in [0.2, 0.25) is 0 Å². The highest BCUT2D eigenvalue weighted by Gasteiger charge is 2.37. The van der Waals surface area contributed by atoms with Crippen LogP contribution in [0.15, 0.2) is 0 Å². The minimum absolute atomic E-state index is 0.213. The summed E-state index contributed by atoms with van der Waals surface area (Å²) in [6.07, 6.45) is 0. The van der Waals surface area contributed by atoms with Gasteiger partial charge in [0.15, 0.2) is 12.8 Å². The molecule has 0 bridgehead atoms. The lowest BCUT2D eigenvalue weighted by molar-refractivity contribution is 0.128. The maximum atomic E-state index is 5.47. The summed E-state index contributed by atoms with van der Waals surface area (Å²) in [5.74, 6) is 0.639. The molecule has 0 atom stereocenters. The molecular weight excluding hydrogens is 440 g/mol. The Labute approximate surface area is 164 Å². The molecule has 0 N–H and O–H groups in total. The van der Waals surface area contributed by atoms with E-state index in [4.69, 9.17) is 13.6 Å². The van der Waals surface area contributed by atoms with E-state index in [-0.39, 0.29) is 17.3 Å². The molecular formula is C6H15O3PS9. The summed E-state index contributed by atoms with van der Waals surface area (Å²) in [6, 6.07) is 0. The first-order chi connectivity index (χ1) is 8.47. The van der Waals surface area contributed by atoms with E-state index in [9.17, 15) is 0 Å². The van der Waals surface area contributed by atoms with E-state index >= 15 is 0 Å². The Morgan fingerprint density at radius 3 is 0.947 bits per heavy atom. The van der Waals surface area contributed by atoms with Crippen LogP contribution in [0.1, 0.15) is 0 Å². The van der Waals surface area contributed by atoms with E-state index in [1.165, 1.54) is 0 Å². The predicted octanol–water partition coefficient (Wildman–Crippen LogP) is 3.59. The van der Waals surface area contributed by atoms with Crippen LogP contribution in [0, 0.1) is 0 Å². The van der Waals surface area contributed by atoms with Gasteiger partial charge in [-0.2, -0.15) is 37.9 Å². The molecule has 0 fully saturated rings. The van der Waals surface area contributed by atoms with Gasteiger partial charge in [-0.05, 0) is 0 Å². The Balaban J connectivity index is 4.84. The molecule has 0 aromatic heterocycles. The smallest absolute Gasteiger partial charge is 0.284 e. The lowest BCUT2D eigenvalue weighted by Crippen LogP contribution is -2.27. The van der Waals surface area contributed by atoms with Crippen molar-refractivity contribution in [2.45, 2.75) is 12.8 Å². The van der Waals surface area contributed by atoms with E-state index in [0.717, 1.165) is 0 Å². The second kappa shape index (κ2) is 9.68.